The summed E-state index contributed by atoms with van der Waals surface area (Å²) in [6, 6.07) is 0.325. The van der Waals surface area contributed by atoms with Crippen molar-refractivity contribution in [1.82, 2.24) is 4.90 Å². The Labute approximate surface area is 111 Å². The van der Waals surface area contributed by atoms with Crippen molar-refractivity contribution in [1.29, 1.82) is 0 Å². The van der Waals surface area contributed by atoms with E-state index in [0.717, 1.165) is 38.6 Å². The third-order valence-electron chi connectivity index (χ3n) is 3.75. The molecule has 2 atom stereocenters. The molecule has 1 fully saturated rings. The van der Waals surface area contributed by atoms with E-state index in [0.29, 0.717) is 18.5 Å². The van der Waals surface area contributed by atoms with Crippen LogP contribution in [0.15, 0.2) is 0 Å². The molecule has 1 amide bonds. The van der Waals surface area contributed by atoms with Crippen molar-refractivity contribution in [2.45, 2.75) is 52.0 Å². The molecule has 0 bridgehead atoms. The van der Waals surface area contributed by atoms with Crippen molar-refractivity contribution in [3.05, 3.63) is 0 Å². The topological polar surface area (TPSA) is 66.6 Å². The first kappa shape index (κ1) is 15.4. The summed E-state index contributed by atoms with van der Waals surface area (Å²) in [6.45, 7) is 5.78. The number of hydrogen-bond acceptors (Lipinski definition) is 3. The number of likely N-dealkylation sites (tertiary alicyclic amines) is 1. The van der Waals surface area contributed by atoms with E-state index in [1.54, 1.807) is 0 Å². The summed E-state index contributed by atoms with van der Waals surface area (Å²) in [6.07, 6.45) is 4.73. The zero-order chi connectivity index (χ0) is 13.5. The van der Waals surface area contributed by atoms with E-state index in [-0.39, 0.29) is 18.4 Å². The fourth-order valence-electron chi connectivity index (χ4n) is 2.85. The SMILES string of the molecule is CC(C)CC(CN)C(=O)N1CCCC1CCCO. The van der Waals surface area contributed by atoms with Crippen molar-refractivity contribution >= 4 is 5.91 Å². The van der Waals surface area contributed by atoms with Crippen LogP contribution in [-0.4, -0.2) is 41.7 Å². The quantitative estimate of drug-likeness (QED) is 0.723. The van der Waals surface area contributed by atoms with Crippen molar-refractivity contribution in [3.8, 4) is 0 Å². The van der Waals surface area contributed by atoms with Gasteiger partial charge in [0.1, 0.15) is 0 Å². The fraction of sp³-hybridized carbons (Fsp3) is 0.929. The normalized spacial score (nSPS) is 21.6. The van der Waals surface area contributed by atoms with E-state index in [1.165, 1.54) is 0 Å². The lowest BCUT2D eigenvalue weighted by molar-refractivity contribution is -0.136. The van der Waals surface area contributed by atoms with Crippen LogP contribution >= 0.6 is 0 Å². The molecular weight excluding hydrogens is 228 g/mol. The summed E-state index contributed by atoms with van der Waals surface area (Å²) >= 11 is 0. The molecule has 18 heavy (non-hydrogen) atoms. The first-order chi connectivity index (χ1) is 8.60. The molecule has 106 valence electrons. The Morgan fingerprint density at radius 2 is 2.22 bits per heavy atom. The predicted octanol–water partition coefficient (Wildman–Crippen LogP) is 1.37. The number of aliphatic hydroxyl groups excluding tert-OH is 1. The molecule has 4 heteroatoms. The highest BCUT2D eigenvalue weighted by atomic mass is 16.3. The van der Waals surface area contributed by atoms with Gasteiger partial charge >= 0.3 is 0 Å². The van der Waals surface area contributed by atoms with Crippen LogP contribution in [-0.2, 0) is 4.79 Å². The number of hydrogen-bond donors (Lipinski definition) is 2. The molecule has 2 unspecified atom stereocenters. The highest BCUT2D eigenvalue weighted by Gasteiger charge is 2.32. The lowest BCUT2D eigenvalue weighted by atomic mass is 9.95. The van der Waals surface area contributed by atoms with E-state index >= 15 is 0 Å². The number of carbonyl (C=O) groups excluding carboxylic acids is 1. The molecular formula is C14H28N2O2. The van der Waals surface area contributed by atoms with Gasteiger partial charge in [-0.2, -0.15) is 0 Å². The van der Waals surface area contributed by atoms with Gasteiger partial charge in [-0.15, -0.1) is 0 Å². The molecule has 1 heterocycles. The van der Waals surface area contributed by atoms with E-state index in [9.17, 15) is 4.79 Å². The minimum atomic E-state index is -0.0280. The van der Waals surface area contributed by atoms with Gasteiger partial charge in [0.25, 0.3) is 0 Å². The second-order valence-electron chi connectivity index (χ2n) is 5.76. The van der Waals surface area contributed by atoms with Gasteiger partial charge in [0.2, 0.25) is 5.91 Å². The van der Waals surface area contributed by atoms with E-state index < -0.39 is 0 Å². The van der Waals surface area contributed by atoms with Crippen molar-refractivity contribution in [2.24, 2.45) is 17.6 Å². The molecule has 0 radical (unpaired) electrons. The maximum atomic E-state index is 12.5. The highest BCUT2D eigenvalue weighted by Crippen LogP contribution is 2.25. The van der Waals surface area contributed by atoms with Crippen molar-refractivity contribution < 1.29 is 9.90 Å². The largest absolute Gasteiger partial charge is 0.396 e. The molecule has 1 aliphatic heterocycles. The van der Waals surface area contributed by atoms with Crippen LogP contribution < -0.4 is 5.73 Å². The first-order valence-corrected chi connectivity index (χ1v) is 7.21. The molecule has 0 spiro atoms. The van der Waals surface area contributed by atoms with Gasteiger partial charge in [-0.05, 0) is 38.0 Å². The molecule has 0 aromatic rings. The number of amides is 1. The Bertz CT molecular complexity index is 256. The van der Waals surface area contributed by atoms with Gasteiger partial charge in [-0.3, -0.25) is 4.79 Å². The molecule has 0 aromatic heterocycles. The molecule has 0 aromatic carbocycles. The molecule has 1 rings (SSSR count). The Kier molecular flexibility index (Phi) is 6.65. The summed E-state index contributed by atoms with van der Waals surface area (Å²) < 4.78 is 0. The van der Waals surface area contributed by atoms with Gasteiger partial charge in [0.05, 0.1) is 5.92 Å². The molecule has 3 N–H and O–H groups in total. The lowest BCUT2D eigenvalue weighted by Crippen LogP contribution is -2.42. The summed E-state index contributed by atoms with van der Waals surface area (Å²) in [5.74, 6) is 0.701. The average molecular weight is 256 g/mol. The number of nitrogens with two attached hydrogens (primary N) is 1. The highest BCUT2D eigenvalue weighted by molar-refractivity contribution is 5.79. The maximum absolute atomic E-state index is 12.5. The minimum absolute atomic E-state index is 0.0280. The smallest absolute Gasteiger partial charge is 0.227 e. The van der Waals surface area contributed by atoms with E-state index in [2.05, 4.69) is 13.8 Å². The minimum Gasteiger partial charge on any atom is -0.396 e. The van der Waals surface area contributed by atoms with Gasteiger partial charge in [-0.1, -0.05) is 13.8 Å². The van der Waals surface area contributed by atoms with Gasteiger partial charge in [-0.25, -0.2) is 0 Å². The predicted molar refractivity (Wildman–Crippen MR) is 73.1 cm³/mol. The second-order valence-corrected chi connectivity index (χ2v) is 5.76. The fourth-order valence-corrected chi connectivity index (χ4v) is 2.85. The lowest BCUT2D eigenvalue weighted by Gasteiger charge is -2.29. The number of aliphatic hydroxyl groups is 1. The monoisotopic (exact) mass is 256 g/mol. The van der Waals surface area contributed by atoms with Crippen LogP contribution in [0, 0.1) is 11.8 Å². The van der Waals surface area contributed by atoms with Crippen LogP contribution in [0.25, 0.3) is 0 Å². The number of rotatable bonds is 7. The van der Waals surface area contributed by atoms with E-state index in [1.807, 2.05) is 4.90 Å². The van der Waals surface area contributed by atoms with Crippen LogP contribution in [0.3, 0.4) is 0 Å². The summed E-state index contributed by atoms with van der Waals surface area (Å²) in [7, 11) is 0. The summed E-state index contributed by atoms with van der Waals surface area (Å²) in [5.41, 5.74) is 5.75. The van der Waals surface area contributed by atoms with Gasteiger partial charge < -0.3 is 15.7 Å². The maximum Gasteiger partial charge on any atom is 0.227 e. The van der Waals surface area contributed by atoms with Crippen LogP contribution in [0.5, 0.6) is 0 Å². The number of nitrogens with zero attached hydrogens (tertiary/aromatic N) is 1. The second kappa shape index (κ2) is 7.74. The zero-order valence-electron chi connectivity index (χ0n) is 11.8. The van der Waals surface area contributed by atoms with Gasteiger partial charge in [0, 0.05) is 25.7 Å². The average Bonchev–Trinajstić information content (AvgIpc) is 2.80. The molecule has 0 aliphatic carbocycles. The molecule has 4 nitrogen and oxygen atoms in total. The van der Waals surface area contributed by atoms with Crippen LogP contribution in [0.1, 0.15) is 46.0 Å². The standard InChI is InChI=1S/C14H28N2O2/c1-11(2)9-12(10-15)14(18)16-7-3-5-13(16)6-4-8-17/h11-13,17H,3-10,15H2,1-2H3. The van der Waals surface area contributed by atoms with E-state index in [4.69, 9.17) is 10.8 Å². The Morgan fingerprint density at radius 1 is 1.50 bits per heavy atom. The molecule has 1 saturated heterocycles. The zero-order valence-corrected chi connectivity index (χ0v) is 11.8. The first-order valence-electron chi connectivity index (χ1n) is 7.21. The third kappa shape index (κ3) is 4.25. The van der Waals surface area contributed by atoms with Crippen molar-refractivity contribution in [2.75, 3.05) is 19.7 Å². The van der Waals surface area contributed by atoms with Crippen LogP contribution in [0.2, 0.25) is 0 Å². The number of carbonyl (C=O) groups is 1. The Balaban J connectivity index is 2.56. The van der Waals surface area contributed by atoms with Gasteiger partial charge in [0.15, 0.2) is 0 Å². The Hall–Kier alpha value is -0.610. The molecule has 0 saturated carbocycles. The summed E-state index contributed by atoms with van der Waals surface area (Å²) in [4.78, 5) is 14.5. The third-order valence-corrected chi connectivity index (χ3v) is 3.75. The molecule has 1 aliphatic rings. The van der Waals surface area contributed by atoms with Crippen molar-refractivity contribution in [3.63, 3.8) is 0 Å². The van der Waals surface area contributed by atoms with Crippen LogP contribution in [0.4, 0.5) is 0 Å². The Morgan fingerprint density at radius 3 is 2.78 bits per heavy atom. The summed E-state index contributed by atoms with van der Waals surface area (Å²) in [5, 5.41) is 8.90.